The van der Waals surface area contributed by atoms with Crippen LogP contribution in [0.2, 0.25) is 0 Å². The summed E-state index contributed by atoms with van der Waals surface area (Å²) in [5.41, 5.74) is 3.49. The van der Waals surface area contributed by atoms with E-state index in [2.05, 4.69) is 16.7 Å². The Labute approximate surface area is 216 Å². The zero-order valence-electron chi connectivity index (χ0n) is 20.0. The molecule has 36 heavy (non-hydrogen) atoms. The van der Waals surface area contributed by atoms with Crippen molar-refractivity contribution in [3.8, 4) is 11.8 Å². The van der Waals surface area contributed by atoms with Crippen molar-refractivity contribution in [3.63, 3.8) is 0 Å². The fourth-order valence-corrected chi connectivity index (χ4v) is 6.02. The van der Waals surface area contributed by atoms with Gasteiger partial charge in [0, 0.05) is 70.1 Å². The van der Waals surface area contributed by atoms with E-state index in [-0.39, 0.29) is 12.2 Å². The molecule has 1 fully saturated rings. The van der Waals surface area contributed by atoms with Gasteiger partial charge in [0.1, 0.15) is 0 Å². The number of benzene rings is 2. The molecule has 3 aromatic rings. The van der Waals surface area contributed by atoms with E-state index in [9.17, 15) is 18.4 Å². The highest BCUT2D eigenvalue weighted by molar-refractivity contribution is 7.76. The van der Waals surface area contributed by atoms with Crippen LogP contribution in [-0.4, -0.2) is 67.3 Å². The number of fused-ring (bicyclic) bond motifs is 1. The number of carboxylic acids is 1. The molecule has 4 rings (SSSR count). The molecule has 0 radical (unpaired) electrons. The summed E-state index contributed by atoms with van der Waals surface area (Å²) < 4.78 is 23.8. The van der Waals surface area contributed by atoms with E-state index in [0.29, 0.717) is 26.2 Å². The van der Waals surface area contributed by atoms with Crippen molar-refractivity contribution in [1.29, 1.82) is 0 Å². The van der Waals surface area contributed by atoms with Crippen LogP contribution in [0, 0.1) is 11.8 Å². The van der Waals surface area contributed by atoms with Crippen molar-refractivity contribution in [2.24, 2.45) is 0 Å². The van der Waals surface area contributed by atoms with Gasteiger partial charge in [-0.1, -0.05) is 11.8 Å². The predicted octanol–water partition coefficient (Wildman–Crippen LogP) is 3.84. The number of ketones is 1. The lowest BCUT2D eigenvalue weighted by molar-refractivity contribution is -0.139. The van der Waals surface area contributed by atoms with Crippen molar-refractivity contribution in [1.82, 2.24) is 9.42 Å². The minimum Gasteiger partial charge on any atom is -0.481 e. The molecule has 1 saturated heterocycles. The van der Waals surface area contributed by atoms with Gasteiger partial charge in [-0.25, -0.2) is 9.22 Å². The molecule has 0 spiro atoms. The summed E-state index contributed by atoms with van der Waals surface area (Å²) in [6.45, 7) is 5.49. The van der Waals surface area contributed by atoms with Gasteiger partial charge in [0.2, 0.25) is 11.3 Å². The third kappa shape index (κ3) is 6.00. The third-order valence-corrected chi connectivity index (χ3v) is 7.95. The van der Waals surface area contributed by atoms with E-state index in [1.54, 1.807) is 30.2 Å². The summed E-state index contributed by atoms with van der Waals surface area (Å²) in [4.78, 5) is 25.1. The first-order valence-electron chi connectivity index (χ1n) is 11.5. The van der Waals surface area contributed by atoms with E-state index in [4.69, 9.17) is 5.11 Å². The van der Waals surface area contributed by atoms with Crippen LogP contribution in [0.3, 0.4) is 0 Å². The van der Waals surface area contributed by atoms with Crippen LogP contribution >= 0.6 is 11.3 Å². The molecule has 2 unspecified atom stereocenters. The Morgan fingerprint density at radius 3 is 2.33 bits per heavy atom. The lowest BCUT2D eigenvalue weighted by Crippen LogP contribution is -2.57. The Balaban J connectivity index is 1.40. The number of piperazine rings is 1. The maximum absolute atomic E-state index is 11.8. The molecule has 8 nitrogen and oxygen atoms in total. The lowest BCUT2D eigenvalue weighted by atomic mass is 10.1. The quantitative estimate of drug-likeness (QED) is 0.275. The SMILES string of the molecule is CC(=O)c1csc2ccc(C#Cc3ccc(N4CCN(N(C(C)CC(=O)O)S(=O)O)CC4)cc3)cc12. The first kappa shape index (κ1) is 26.0. The molecule has 2 aromatic carbocycles. The van der Waals surface area contributed by atoms with Crippen molar-refractivity contribution in [2.75, 3.05) is 31.1 Å². The molecule has 1 aliphatic rings. The molecular formula is C26H27N3O5S2. The number of nitrogens with zero attached hydrogens (tertiary/aromatic N) is 3. The average Bonchev–Trinajstić information content (AvgIpc) is 3.27. The van der Waals surface area contributed by atoms with E-state index in [1.807, 2.05) is 47.8 Å². The highest BCUT2D eigenvalue weighted by Gasteiger charge is 2.30. The van der Waals surface area contributed by atoms with Gasteiger partial charge in [-0.15, -0.1) is 15.8 Å². The summed E-state index contributed by atoms with van der Waals surface area (Å²) in [6, 6.07) is 13.3. The second-order valence-electron chi connectivity index (χ2n) is 8.63. The summed E-state index contributed by atoms with van der Waals surface area (Å²) in [6.07, 6.45) is -0.214. The van der Waals surface area contributed by atoms with E-state index >= 15 is 0 Å². The largest absolute Gasteiger partial charge is 0.481 e. The standard InChI is InChI=1S/C26H27N3O5S2/c1-18(15-26(31)32)29(36(33)34)28-13-11-27(12-14-28)22-8-5-20(6-9-22)3-4-21-7-10-25-23(16-21)24(17-35-25)19(2)30/h5-10,16-18H,11-15H2,1-2H3,(H,31,32)(H,33,34). The molecule has 0 saturated carbocycles. The Morgan fingerprint density at radius 2 is 1.72 bits per heavy atom. The number of carbonyl (C=O) groups excluding carboxylic acids is 1. The first-order valence-corrected chi connectivity index (χ1v) is 13.4. The molecular weight excluding hydrogens is 498 g/mol. The molecule has 0 amide bonds. The lowest BCUT2D eigenvalue weighted by Gasteiger charge is -2.41. The maximum atomic E-state index is 11.8. The Hall–Kier alpha value is -3.07. The summed E-state index contributed by atoms with van der Waals surface area (Å²) >= 11 is -0.731. The van der Waals surface area contributed by atoms with Crippen LogP contribution < -0.4 is 4.90 Å². The van der Waals surface area contributed by atoms with Crippen LogP contribution in [-0.2, 0) is 16.1 Å². The molecule has 2 heterocycles. The van der Waals surface area contributed by atoms with Gasteiger partial charge in [0.25, 0.3) is 0 Å². The van der Waals surface area contributed by atoms with Gasteiger partial charge in [-0.05, 0) is 56.3 Å². The highest BCUT2D eigenvalue weighted by Crippen LogP contribution is 2.27. The Morgan fingerprint density at radius 1 is 1.08 bits per heavy atom. The first-order chi connectivity index (χ1) is 17.2. The molecule has 1 aliphatic heterocycles. The van der Waals surface area contributed by atoms with Crippen LogP contribution in [0.25, 0.3) is 10.1 Å². The van der Waals surface area contributed by atoms with Gasteiger partial charge in [0.15, 0.2) is 5.78 Å². The maximum Gasteiger partial charge on any atom is 0.305 e. The van der Waals surface area contributed by atoms with Crippen molar-refractivity contribution >= 4 is 50.1 Å². The number of rotatable bonds is 7. The topological polar surface area (TPSA) is 101 Å². The molecule has 188 valence electrons. The van der Waals surface area contributed by atoms with Crippen molar-refractivity contribution in [2.45, 2.75) is 26.3 Å². The highest BCUT2D eigenvalue weighted by atomic mass is 32.2. The zero-order valence-corrected chi connectivity index (χ0v) is 21.6. The number of hydrogen-bond donors (Lipinski definition) is 2. The van der Waals surface area contributed by atoms with Crippen LogP contribution in [0.15, 0.2) is 47.8 Å². The molecule has 0 aliphatic carbocycles. The number of hydrazine groups is 1. The number of aliphatic carboxylic acids is 1. The molecule has 1 aromatic heterocycles. The smallest absolute Gasteiger partial charge is 0.305 e. The fourth-order valence-electron chi connectivity index (χ4n) is 4.29. The van der Waals surface area contributed by atoms with Gasteiger partial charge in [-0.2, -0.15) is 0 Å². The summed E-state index contributed by atoms with van der Waals surface area (Å²) in [5, 5.41) is 13.6. The number of hydrogen-bond acceptors (Lipinski definition) is 6. The minimum absolute atomic E-state index is 0.0508. The molecule has 10 heteroatoms. The van der Waals surface area contributed by atoms with Crippen molar-refractivity contribution < 1.29 is 23.5 Å². The van der Waals surface area contributed by atoms with Crippen LogP contribution in [0.4, 0.5) is 5.69 Å². The average molecular weight is 526 g/mol. The van der Waals surface area contributed by atoms with E-state index < -0.39 is 23.3 Å². The van der Waals surface area contributed by atoms with Gasteiger partial charge >= 0.3 is 5.97 Å². The van der Waals surface area contributed by atoms with Gasteiger partial charge < -0.3 is 10.0 Å². The second kappa shape index (κ2) is 11.3. The third-order valence-electron chi connectivity index (χ3n) is 6.08. The molecule has 2 N–H and O–H groups in total. The van der Waals surface area contributed by atoms with Crippen LogP contribution in [0.1, 0.15) is 41.8 Å². The van der Waals surface area contributed by atoms with E-state index in [0.717, 1.165) is 32.5 Å². The van der Waals surface area contributed by atoms with Gasteiger partial charge in [-0.3, -0.25) is 14.1 Å². The Bertz CT molecular complexity index is 1350. The second-order valence-corrected chi connectivity index (χ2v) is 10.4. The predicted molar refractivity (Wildman–Crippen MR) is 142 cm³/mol. The fraction of sp³-hybridized carbons (Fsp3) is 0.308. The zero-order chi connectivity index (χ0) is 25.8. The van der Waals surface area contributed by atoms with Crippen molar-refractivity contribution in [3.05, 3.63) is 64.5 Å². The minimum atomic E-state index is -2.29. The monoisotopic (exact) mass is 525 g/mol. The number of anilines is 1. The normalized spacial score (nSPS) is 15.9. The number of thiophene rings is 1. The number of Topliss-reactive ketones (excluding diaryl/α,β-unsaturated/α-hetero) is 1. The number of carboxylic acid groups (broad SMARTS) is 1. The summed E-state index contributed by atoms with van der Waals surface area (Å²) in [5.74, 6) is 5.41. The molecule has 2 atom stereocenters. The van der Waals surface area contributed by atoms with Crippen LogP contribution in [0.5, 0.6) is 0 Å². The Kier molecular flexibility index (Phi) is 8.18. The van der Waals surface area contributed by atoms with E-state index in [1.165, 1.54) is 4.41 Å². The van der Waals surface area contributed by atoms with Gasteiger partial charge in [0.05, 0.1) is 6.42 Å². The number of carbonyl (C=O) groups is 2. The molecule has 0 bridgehead atoms. The summed E-state index contributed by atoms with van der Waals surface area (Å²) in [7, 11) is 0.